The van der Waals surface area contributed by atoms with Gasteiger partial charge in [-0.2, -0.15) is 0 Å². The number of hydrogen-bond acceptors (Lipinski definition) is 3. The number of aliphatic hydroxyl groups excluding tert-OH is 1. The molecule has 5 nitrogen and oxygen atoms in total. The average molecular weight is 228 g/mol. The first-order valence-corrected chi connectivity index (χ1v) is 5.79. The van der Waals surface area contributed by atoms with Gasteiger partial charge in [-0.25, -0.2) is 0 Å². The maximum atomic E-state index is 11.7. The number of piperidine rings is 1. The summed E-state index contributed by atoms with van der Waals surface area (Å²) >= 11 is 0. The van der Waals surface area contributed by atoms with E-state index in [9.17, 15) is 9.59 Å². The maximum Gasteiger partial charge on any atom is 0.224 e. The van der Waals surface area contributed by atoms with E-state index in [1.807, 2.05) is 0 Å². The summed E-state index contributed by atoms with van der Waals surface area (Å²) in [6, 6.07) is 0. The summed E-state index contributed by atoms with van der Waals surface area (Å²) in [5.74, 6) is -0.0522. The van der Waals surface area contributed by atoms with Crippen LogP contribution in [0.25, 0.3) is 0 Å². The molecular weight excluding hydrogens is 208 g/mol. The number of nitrogens with one attached hydrogen (secondary N) is 1. The molecule has 0 spiro atoms. The Morgan fingerprint density at radius 1 is 1.50 bits per heavy atom. The Hall–Kier alpha value is -1.10. The first-order chi connectivity index (χ1) is 7.65. The fourth-order valence-corrected chi connectivity index (χ4v) is 1.91. The molecule has 0 bridgehead atoms. The Morgan fingerprint density at radius 3 is 2.88 bits per heavy atom. The Balaban J connectivity index is 2.35. The van der Waals surface area contributed by atoms with Crippen LogP contribution in [0, 0.1) is 5.92 Å². The van der Waals surface area contributed by atoms with Gasteiger partial charge in [-0.15, -0.1) is 0 Å². The van der Waals surface area contributed by atoms with Crippen molar-refractivity contribution >= 4 is 11.8 Å². The van der Waals surface area contributed by atoms with Gasteiger partial charge in [-0.3, -0.25) is 9.59 Å². The largest absolute Gasteiger partial charge is 0.396 e. The van der Waals surface area contributed by atoms with Crippen LogP contribution in [-0.4, -0.2) is 48.1 Å². The Morgan fingerprint density at radius 2 is 2.25 bits per heavy atom. The highest BCUT2D eigenvalue weighted by molar-refractivity contribution is 5.80. The third kappa shape index (κ3) is 3.81. The SMILES string of the molecule is CC(=O)N1CCCC(C(=O)NCCCO)C1. The van der Waals surface area contributed by atoms with Crippen LogP contribution in [0.15, 0.2) is 0 Å². The number of hydrogen-bond donors (Lipinski definition) is 2. The highest BCUT2D eigenvalue weighted by Gasteiger charge is 2.26. The van der Waals surface area contributed by atoms with Crippen molar-refractivity contribution in [1.82, 2.24) is 10.2 Å². The van der Waals surface area contributed by atoms with Gasteiger partial charge in [-0.1, -0.05) is 0 Å². The van der Waals surface area contributed by atoms with E-state index in [-0.39, 0.29) is 24.3 Å². The van der Waals surface area contributed by atoms with Gasteiger partial charge >= 0.3 is 0 Å². The molecule has 0 aromatic rings. The Kier molecular flexibility index (Phi) is 5.25. The molecule has 0 radical (unpaired) electrons. The van der Waals surface area contributed by atoms with E-state index in [4.69, 9.17) is 5.11 Å². The lowest BCUT2D eigenvalue weighted by molar-refractivity contribution is -0.133. The molecule has 16 heavy (non-hydrogen) atoms. The minimum Gasteiger partial charge on any atom is -0.396 e. The number of amides is 2. The van der Waals surface area contributed by atoms with Crippen molar-refractivity contribution in [3.05, 3.63) is 0 Å². The van der Waals surface area contributed by atoms with Crippen LogP contribution in [0.4, 0.5) is 0 Å². The molecule has 1 rings (SSSR count). The molecule has 92 valence electrons. The molecule has 1 unspecified atom stereocenters. The number of likely N-dealkylation sites (tertiary alicyclic amines) is 1. The lowest BCUT2D eigenvalue weighted by Gasteiger charge is -2.31. The van der Waals surface area contributed by atoms with Crippen molar-refractivity contribution in [2.75, 3.05) is 26.2 Å². The molecule has 1 fully saturated rings. The normalized spacial score (nSPS) is 20.6. The van der Waals surface area contributed by atoms with E-state index < -0.39 is 0 Å². The van der Waals surface area contributed by atoms with Crippen molar-refractivity contribution in [3.8, 4) is 0 Å². The second-order valence-corrected chi connectivity index (χ2v) is 4.17. The number of carbonyl (C=O) groups excluding carboxylic acids is 2. The predicted molar refractivity (Wildman–Crippen MR) is 59.7 cm³/mol. The summed E-state index contributed by atoms with van der Waals surface area (Å²) in [7, 11) is 0. The summed E-state index contributed by atoms with van der Waals surface area (Å²) in [5, 5.41) is 11.4. The fourth-order valence-electron chi connectivity index (χ4n) is 1.91. The van der Waals surface area contributed by atoms with Crippen molar-refractivity contribution in [1.29, 1.82) is 0 Å². The summed E-state index contributed by atoms with van der Waals surface area (Å²) in [6.07, 6.45) is 2.31. The third-order valence-corrected chi connectivity index (χ3v) is 2.87. The van der Waals surface area contributed by atoms with Crippen LogP contribution >= 0.6 is 0 Å². The van der Waals surface area contributed by atoms with Gasteiger partial charge in [0.2, 0.25) is 11.8 Å². The molecule has 2 amide bonds. The Labute approximate surface area is 95.8 Å². The van der Waals surface area contributed by atoms with Crippen LogP contribution < -0.4 is 5.32 Å². The number of aliphatic hydroxyl groups is 1. The highest BCUT2D eigenvalue weighted by atomic mass is 16.3. The smallest absolute Gasteiger partial charge is 0.224 e. The second-order valence-electron chi connectivity index (χ2n) is 4.17. The molecule has 0 aromatic heterocycles. The van der Waals surface area contributed by atoms with E-state index in [0.29, 0.717) is 19.5 Å². The van der Waals surface area contributed by atoms with Crippen LogP contribution in [0.3, 0.4) is 0 Å². The Bertz CT molecular complexity index is 256. The lowest BCUT2D eigenvalue weighted by Crippen LogP contribution is -2.44. The van der Waals surface area contributed by atoms with Crippen LogP contribution in [0.5, 0.6) is 0 Å². The second kappa shape index (κ2) is 6.48. The van der Waals surface area contributed by atoms with Gasteiger partial charge in [-0.05, 0) is 19.3 Å². The van der Waals surface area contributed by atoms with Gasteiger partial charge in [0.15, 0.2) is 0 Å². The molecule has 1 aliphatic heterocycles. The van der Waals surface area contributed by atoms with Crippen molar-refractivity contribution < 1.29 is 14.7 Å². The topological polar surface area (TPSA) is 69.6 Å². The quantitative estimate of drug-likeness (QED) is 0.652. The van der Waals surface area contributed by atoms with Gasteiger partial charge in [0.1, 0.15) is 0 Å². The first-order valence-electron chi connectivity index (χ1n) is 5.79. The zero-order valence-electron chi connectivity index (χ0n) is 9.74. The summed E-state index contributed by atoms with van der Waals surface area (Å²) in [4.78, 5) is 24.6. The molecule has 2 N–H and O–H groups in total. The average Bonchev–Trinajstić information content (AvgIpc) is 2.29. The third-order valence-electron chi connectivity index (χ3n) is 2.87. The molecule has 0 aromatic carbocycles. The summed E-state index contributed by atoms with van der Waals surface area (Å²) in [6.45, 7) is 3.42. The molecule has 0 saturated carbocycles. The molecule has 1 atom stereocenters. The van der Waals surface area contributed by atoms with Gasteiger partial charge in [0.05, 0.1) is 5.92 Å². The van der Waals surface area contributed by atoms with E-state index in [1.54, 1.807) is 4.90 Å². The van der Waals surface area contributed by atoms with Crippen LogP contribution in [0.1, 0.15) is 26.2 Å². The monoisotopic (exact) mass is 228 g/mol. The molecular formula is C11H20N2O3. The van der Waals surface area contributed by atoms with Crippen molar-refractivity contribution in [2.24, 2.45) is 5.92 Å². The van der Waals surface area contributed by atoms with Gasteiger partial charge in [0, 0.05) is 33.2 Å². The fraction of sp³-hybridized carbons (Fsp3) is 0.818. The zero-order chi connectivity index (χ0) is 12.0. The van der Waals surface area contributed by atoms with Crippen molar-refractivity contribution in [3.63, 3.8) is 0 Å². The van der Waals surface area contributed by atoms with Crippen LogP contribution in [-0.2, 0) is 9.59 Å². The summed E-state index contributed by atoms with van der Waals surface area (Å²) in [5.41, 5.74) is 0. The predicted octanol–water partition coefficient (Wildman–Crippen LogP) is -0.256. The van der Waals surface area contributed by atoms with E-state index in [2.05, 4.69) is 5.32 Å². The molecule has 1 aliphatic rings. The van der Waals surface area contributed by atoms with Gasteiger partial charge < -0.3 is 15.3 Å². The maximum absolute atomic E-state index is 11.7. The summed E-state index contributed by atoms with van der Waals surface area (Å²) < 4.78 is 0. The zero-order valence-corrected chi connectivity index (χ0v) is 9.74. The van der Waals surface area contributed by atoms with Crippen molar-refractivity contribution in [2.45, 2.75) is 26.2 Å². The van der Waals surface area contributed by atoms with Crippen LogP contribution in [0.2, 0.25) is 0 Å². The highest BCUT2D eigenvalue weighted by Crippen LogP contribution is 2.16. The molecule has 1 saturated heterocycles. The first kappa shape index (κ1) is 13.0. The van der Waals surface area contributed by atoms with E-state index in [0.717, 1.165) is 19.4 Å². The number of carbonyl (C=O) groups is 2. The van der Waals surface area contributed by atoms with E-state index in [1.165, 1.54) is 6.92 Å². The lowest BCUT2D eigenvalue weighted by atomic mass is 9.97. The minimum atomic E-state index is -0.0867. The number of nitrogens with zero attached hydrogens (tertiary/aromatic N) is 1. The standard InChI is InChI=1S/C11H20N2O3/c1-9(15)13-6-2-4-10(8-13)11(16)12-5-3-7-14/h10,14H,2-8H2,1H3,(H,12,16). The minimum absolute atomic E-state index is 0.000556. The van der Waals surface area contributed by atoms with E-state index >= 15 is 0 Å². The molecule has 0 aliphatic carbocycles. The molecule has 5 heteroatoms. The number of rotatable bonds is 4. The molecule has 1 heterocycles. The van der Waals surface area contributed by atoms with Gasteiger partial charge in [0.25, 0.3) is 0 Å².